The van der Waals surface area contributed by atoms with Gasteiger partial charge >= 0.3 is 0 Å². The van der Waals surface area contributed by atoms with Crippen LogP contribution in [0.25, 0.3) is 0 Å². The molecule has 0 radical (unpaired) electrons. The van der Waals surface area contributed by atoms with Crippen LogP contribution in [0.2, 0.25) is 0 Å². The van der Waals surface area contributed by atoms with Crippen LogP contribution in [0.3, 0.4) is 0 Å². The molecule has 3 heteroatoms. The van der Waals surface area contributed by atoms with Gasteiger partial charge in [-0.1, -0.05) is 0 Å². The molecule has 11 heavy (non-hydrogen) atoms. The Labute approximate surface area is 68.1 Å². The lowest BCUT2D eigenvalue weighted by Gasteiger charge is -2.22. The average Bonchev–Trinajstić information content (AvgIpc) is 2.07. The highest BCUT2D eigenvalue weighted by Gasteiger charge is 2.11. The van der Waals surface area contributed by atoms with Crippen LogP contribution in [0.5, 0.6) is 0 Å². The van der Waals surface area contributed by atoms with Gasteiger partial charge in [0.25, 0.3) is 0 Å². The molecule has 1 rings (SSSR count). The van der Waals surface area contributed by atoms with E-state index in [1.807, 2.05) is 0 Å². The number of piperidine rings is 1. The molecule has 0 aromatic heterocycles. The van der Waals surface area contributed by atoms with E-state index in [-0.39, 0.29) is 0 Å². The minimum Gasteiger partial charge on any atom is -0.382 e. The van der Waals surface area contributed by atoms with E-state index in [0.717, 1.165) is 19.7 Å². The van der Waals surface area contributed by atoms with Crippen LogP contribution in [0.15, 0.2) is 0 Å². The molecule has 0 amide bonds. The van der Waals surface area contributed by atoms with Crippen LogP contribution in [-0.4, -0.2) is 39.5 Å². The summed E-state index contributed by atoms with van der Waals surface area (Å²) in [6, 6.07) is 0. The van der Waals surface area contributed by atoms with Gasteiger partial charge in [0.05, 0.1) is 19.3 Å². The molecule has 1 unspecified atom stereocenters. The van der Waals surface area contributed by atoms with Crippen molar-refractivity contribution in [3.8, 4) is 0 Å². The number of ether oxygens (including phenoxy) is 2. The zero-order valence-corrected chi connectivity index (χ0v) is 7.14. The Balaban J connectivity index is 1.96. The van der Waals surface area contributed by atoms with Crippen LogP contribution in [0.4, 0.5) is 0 Å². The number of rotatable bonds is 4. The van der Waals surface area contributed by atoms with Crippen LogP contribution < -0.4 is 5.32 Å². The van der Waals surface area contributed by atoms with Crippen molar-refractivity contribution in [1.29, 1.82) is 0 Å². The molecule has 1 fully saturated rings. The van der Waals surface area contributed by atoms with Crippen molar-refractivity contribution < 1.29 is 9.47 Å². The summed E-state index contributed by atoms with van der Waals surface area (Å²) in [7, 11) is 1.70. The molecule has 1 heterocycles. The molecular formula is C8H17NO2. The van der Waals surface area contributed by atoms with Gasteiger partial charge in [-0.2, -0.15) is 0 Å². The first kappa shape index (κ1) is 8.97. The van der Waals surface area contributed by atoms with Gasteiger partial charge in [0.15, 0.2) is 0 Å². The van der Waals surface area contributed by atoms with Gasteiger partial charge in [-0.15, -0.1) is 0 Å². The van der Waals surface area contributed by atoms with E-state index >= 15 is 0 Å². The fourth-order valence-electron chi connectivity index (χ4n) is 1.26. The predicted octanol–water partition coefficient (Wildman–Crippen LogP) is 0.401. The molecule has 1 atom stereocenters. The molecule has 1 saturated heterocycles. The number of nitrogens with one attached hydrogen (secondary N) is 1. The van der Waals surface area contributed by atoms with Crippen molar-refractivity contribution in [1.82, 2.24) is 5.32 Å². The van der Waals surface area contributed by atoms with Gasteiger partial charge < -0.3 is 14.8 Å². The van der Waals surface area contributed by atoms with E-state index < -0.39 is 0 Å². The lowest BCUT2D eigenvalue weighted by Crippen LogP contribution is -2.35. The molecule has 0 bridgehead atoms. The second kappa shape index (κ2) is 5.52. The Hall–Kier alpha value is -0.120. The minimum atomic E-state index is 0.416. The standard InChI is InChI=1S/C8H17NO2/c1-10-5-6-11-8-3-2-4-9-7-8/h8-9H,2-7H2,1H3. The summed E-state index contributed by atoms with van der Waals surface area (Å²) >= 11 is 0. The van der Waals surface area contributed by atoms with Crippen molar-refractivity contribution in [2.24, 2.45) is 0 Å². The van der Waals surface area contributed by atoms with E-state index in [1.54, 1.807) is 7.11 Å². The SMILES string of the molecule is COCCOC1CCCNC1. The molecule has 0 spiro atoms. The molecule has 1 N–H and O–H groups in total. The number of methoxy groups -OCH3 is 1. The van der Waals surface area contributed by atoms with Crippen LogP contribution in [0.1, 0.15) is 12.8 Å². The predicted molar refractivity (Wildman–Crippen MR) is 43.7 cm³/mol. The summed E-state index contributed by atoms with van der Waals surface area (Å²) in [6.45, 7) is 3.58. The largest absolute Gasteiger partial charge is 0.382 e. The monoisotopic (exact) mass is 159 g/mol. The molecular weight excluding hydrogens is 142 g/mol. The van der Waals surface area contributed by atoms with Gasteiger partial charge in [-0.3, -0.25) is 0 Å². The highest BCUT2D eigenvalue weighted by molar-refractivity contribution is 4.68. The summed E-state index contributed by atoms with van der Waals surface area (Å²) in [5, 5.41) is 3.30. The van der Waals surface area contributed by atoms with E-state index in [1.165, 1.54) is 12.8 Å². The summed E-state index contributed by atoms with van der Waals surface area (Å²) in [6.07, 6.45) is 2.84. The summed E-state index contributed by atoms with van der Waals surface area (Å²) in [4.78, 5) is 0. The van der Waals surface area contributed by atoms with Crippen molar-refractivity contribution in [3.63, 3.8) is 0 Å². The zero-order chi connectivity index (χ0) is 7.94. The smallest absolute Gasteiger partial charge is 0.0704 e. The lowest BCUT2D eigenvalue weighted by molar-refractivity contribution is 0.00644. The highest BCUT2D eigenvalue weighted by Crippen LogP contribution is 2.04. The summed E-state index contributed by atoms with van der Waals surface area (Å²) in [5.41, 5.74) is 0. The normalized spacial score (nSPS) is 25.4. The Morgan fingerprint density at radius 2 is 2.36 bits per heavy atom. The number of hydrogen-bond donors (Lipinski definition) is 1. The minimum absolute atomic E-state index is 0.416. The maximum atomic E-state index is 5.54. The first-order valence-corrected chi connectivity index (χ1v) is 4.24. The second-order valence-corrected chi connectivity index (χ2v) is 2.83. The molecule has 0 aromatic carbocycles. The first-order valence-electron chi connectivity index (χ1n) is 4.24. The Morgan fingerprint density at radius 1 is 1.45 bits per heavy atom. The molecule has 0 saturated carbocycles. The van der Waals surface area contributed by atoms with E-state index in [0.29, 0.717) is 12.7 Å². The molecule has 3 nitrogen and oxygen atoms in total. The van der Waals surface area contributed by atoms with Crippen LogP contribution >= 0.6 is 0 Å². The Morgan fingerprint density at radius 3 is 3.00 bits per heavy atom. The maximum absolute atomic E-state index is 5.54. The van der Waals surface area contributed by atoms with E-state index in [4.69, 9.17) is 9.47 Å². The van der Waals surface area contributed by atoms with Gasteiger partial charge in [-0.05, 0) is 19.4 Å². The highest BCUT2D eigenvalue weighted by atomic mass is 16.5. The van der Waals surface area contributed by atoms with Gasteiger partial charge in [0.1, 0.15) is 0 Å². The summed E-state index contributed by atoms with van der Waals surface area (Å²) in [5.74, 6) is 0. The van der Waals surface area contributed by atoms with E-state index in [9.17, 15) is 0 Å². The third-order valence-corrected chi connectivity index (χ3v) is 1.89. The van der Waals surface area contributed by atoms with E-state index in [2.05, 4.69) is 5.32 Å². The molecule has 1 aliphatic rings. The van der Waals surface area contributed by atoms with Crippen molar-refractivity contribution in [3.05, 3.63) is 0 Å². The third kappa shape index (κ3) is 3.70. The molecule has 66 valence electrons. The third-order valence-electron chi connectivity index (χ3n) is 1.89. The van der Waals surface area contributed by atoms with Crippen LogP contribution in [0, 0.1) is 0 Å². The topological polar surface area (TPSA) is 30.5 Å². The van der Waals surface area contributed by atoms with Gasteiger partial charge in [0, 0.05) is 13.7 Å². The van der Waals surface area contributed by atoms with Crippen LogP contribution in [-0.2, 0) is 9.47 Å². The van der Waals surface area contributed by atoms with Gasteiger partial charge in [0.2, 0.25) is 0 Å². The average molecular weight is 159 g/mol. The molecule has 0 aromatic rings. The lowest BCUT2D eigenvalue weighted by atomic mass is 10.1. The Kier molecular flexibility index (Phi) is 4.50. The summed E-state index contributed by atoms with van der Waals surface area (Å²) < 4.78 is 10.4. The maximum Gasteiger partial charge on any atom is 0.0704 e. The second-order valence-electron chi connectivity index (χ2n) is 2.83. The number of hydrogen-bond acceptors (Lipinski definition) is 3. The van der Waals surface area contributed by atoms with Gasteiger partial charge in [-0.25, -0.2) is 0 Å². The fourth-order valence-corrected chi connectivity index (χ4v) is 1.26. The first-order chi connectivity index (χ1) is 5.43. The van der Waals surface area contributed by atoms with Crippen molar-refractivity contribution in [2.45, 2.75) is 18.9 Å². The Bertz CT molecular complexity index is 92.1. The zero-order valence-electron chi connectivity index (χ0n) is 7.14. The van der Waals surface area contributed by atoms with Crippen molar-refractivity contribution in [2.75, 3.05) is 33.4 Å². The van der Waals surface area contributed by atoms with Crippen molar-refractivity contribution >= 4 is 0 Å². The quantitative estimate of drug-likeness (QED) is 0.602. The molecule has 1 aliphatic heterocycles. The molecule has 0 aliphatic carbocycles. The fraction of sp³-hybridized carbons (Fsp3) is 1.00.